The van der Waals surface area contributed by atoms with E-state index in [2.05, 4.69) is 20.4 Å². The van der Waals surface area contributed by atoms with Gasteiger partial charge in [0.05, 0.1) is 18.4 Å². The van der Waals surface area contributed by atoms with Crippen LogP contribution in [0.4, 0.5) is 5.69 Å². The van der Waals surface area contributed by atoms with Crippen LogP contribution in [0.3, 0.4) is 0 Å². The van der Waals surface area contributed by atoms with E-state index >= 15 is 0 Å². The Morgan fingerprint density at radius 3 is 2.82 bits per heavy atom. The minimum Gasteiger partial charge on any atom is -0.456 e. The summed E-state index contributed by atoms with van der Waals surface area (Å²) in [5, 5.41) is 6.91. The summed E-state index contributed by atoms with van der Waals surface area (Å²) in [6.07, 6.45) is 5.96. The number of furan rings is 1. The first kappa shape index (κ1) is 17.4. The minimum absolute atomic E-state index is 0.128. The molecule has 0 radical (unpaired) electrons. The van der Waals surface area contributed by atoms with E-state index in [1.807, 2.05) is 0 Å². The smallest absolute Gasteiger partial charge is 0.278 e. The lowest BCUT2D eigenvalue weighted by Gasteiger charge is -2.02. The van der Waals surface area contributed by atoms with Gasteiger partial charge in [0.2, 0.25) is 0 Å². The first-order valence-corrected chi connectivity index (χ1v) is 8.38. The average molecular weight is 377 g/mol. The molecule has 4 rings (SSSR count). The molecular weight excluding hydrogens is 362 g/mol. The number of nitrogens with one attached hydrogen (secondary N) is 1. The number of ketones is 1. The van der Waals surface area contributed by atoms with Crippen LogP contribution < -0.4 is 5.32 Å². The van der Waals surface area contributed by atoms with Crippen molar-refractivity contribution in [3.63, 3.8) is 0 Å². The number of carbonyl (C=O) groups excluding carboxylic acids is 2. The van der Waals surface area contributed by atoms with Crippen molar-refractivity contribution in [2.75, 3.05) is 5.32 Å². The van der Waals surface area contributed by atoms with Gasteiger partial charge in [0, 0.05) is 19.3 Å². The summed E-state index contributed by atoms with van der Waals surface area (Å²) >= 11 is 0. The summed E-state index contributed by atoms with van der Waals surface area (Å²) in [7, 11) is 0. The van der Waals surface area contributed by atoms with Gasteiger partial charge in [-0.05, 0) is 24.3 Å². The van der Waals surface area contributed by atoms with Gasteiger partial charge in [-0.15, -0.1) is 0 Å². The van der Waals surface area contributed by atoms with Gasteiger partial charge in [0.1, 0.15) is 11.5 Å². The van der Waals surface area contributed by atoms with Crippen molar-refractivity contribution in [3.05, 3.63) is 72.5 Å². The van der Waals surface area contributed by atoms with Gasteiger partial charge >= 0.3 is 0 Å². The van der Waals surface area contributed by atoms with E-state index in [0.717, 1.165) is 0 Å². The minimum atomic E-state index is -0.439. The summed E-state index contributed by atoms with van der Waals surface area (Å²) in [4.78, 5) is 32.0. The van der Waals surface area contributed by atoms with Gasteiger partial charge in [-0.2, -0.15) is 5.10 Å². The number of anilines is 1. The molecule has 28 heavy (non-hydrogen) atoms. The van der Waals surface area contributed by atoms with E-state index in [9.17, 15) is 9.59 Å². The molecule has 0 saturated heterocycles. The molecule has 4 heterocycles. The molecule has 0 saturated carbocycles. The molecule has 0 bridgehead atoms. The van der Waals surface area contributed by atoms with E-state index in [1.54, 1.807) is 47.4 Å². The maximum absolute atomic E-state index is 12.6. The van der Waals surface area contributed by atoms with Crippen molar-refractivity contribution in [1.82, 2.24) is 19.7 Å². The van der Waals surface area contributed by atoms with Crippen molar-refractivity contribution >= 4 is 17.4 Å². The first-order valence-electron chi connectivity index (χ1n) is 8.38. The molecule has 1 N–H and O–H groups in total. The Morgan fingerprint density at radius 1 is 1.18 bits per heavy atom. The number of Topliss-reactive ketones (excluding diaryl/α,β-unsaturated/α-hetero) is 1. The number of hydrogen-bond donors (Lipinski definition) is 1. The van der Waals surface area contributed by atoms with Crippen molar-refractivity contribution < 1.29 is 18.4 Å². The molecule has 0 fully saturated rings. The summed E-state index contributed by atoms with van der Waals surface area (Å²) in [6.45, 7) is 1.76. The van der Waals surface area contributed by atoms with Crippen LogP contribution in [0.2, 0.25) is 0 Å². The Labute approximate surface area is 159 Å². The summed E-state index contributed by atoms with van der Waals surface area (Å²) in [5.41, 5.74) is 1.13. The van der Waals surface area contributed by atoms with Crippen molar-refractivity contribution in [1.29, 1.82) is 0 Å². The summed E-state index contributed by atoms with van der Waals surface area (Å²) in [6, 6.07) is 8.63. The molecule has 0 aliphatic heterocycles. The Bertz CT molecular complexity index is 1130. The maximum atomic E-state index is 12.6. The van der Waals surface area contributed by atoms with Gasteiger partial charge in [-0.25, -0.2) is 4.98 Å². The van der Waals surface area contributed by atoms with Gasteiger partial charge in [0.25, 0.3) is 5.91 Å². The van der Waals surface area contributed by atoms with Crippen LogP contribution in [0.15, 0.2) is 64.2 Å². The summed E-state index contributed by atoms with van der Waals surface area (Å²) in [5.74, 6) is 0.587. The Kier molecular flexibility index (Phi) is 4.55. The van der Waals surface area contributed by atoms with Gasteiger partial charge in [-0.1, -0.05) is 6.07 Å². The molecule has 140 valence electrons. The molecule has 9 nitrogen and oxygen atoms in total. The third-order valence-corrected chi connectivity index (χ3v) is 3.90. The van der Waals surface area contributed by atoms with Gasteiger partial charge < -0.3 is 14.2 Å². The number of rotatable bonds is 6. The highest BCUT2D eigenvalue weighted by Crippen LogP contribution is 2.21. The van der Waals surface area contributed by atoms with Crippen LogP contribution >= 0.6 is 0 Å². The topological polar surface area (TPSA) is 116 Å². The fraction of sp³-hybridized carbons (Fsp3) is 0.105. The zero-order chi connectivity index (χ0) is 19.5. The third kappa shape index (κ3) is 3.58. The average Bonchev–Trinajstić information content (AvgIpc) is 3.43. The number of aromatic nitrogens is 4. The molecule has 9 heteroatoms. The number of oxazole rings is 1. The molecule has 0 unspecified atom stereocenters. The lowest BCUT2D eigenvalue weighted by atomic mass is 10.2. The number of carbonyl (C=O) groups is 2. The van der Waals surface area contributed by atoms with Crippen LogP contribution in [-0.4, -0.2) is 31.4 Å². The Balaban J connectivity index is 1.46. The SMILES string of the molecule is CC(=O)c1ccc(Cn2cc(NC(=O)c3ncoc3-c3ccccn3)cn2)o1. The monoisotopic (exact) mass is 377 g/mol. The van der Waals surface area contributed by atoms with Gasteiger partial charge in [0.15, 0.2) is 29.4 Å². The second-order valence-corrected chi connectivity index (χ2v) is 5.95. The normalized spacial score (nSPS) is 10.8. The van der Waals surface area contributed by atoms with Crippen molar-refractivity contribution in [3.8, 4) is 11.5 Å². The molecule has 4 aromatic rings. The van der Waals surface area contributed by atoms with Crippen LogP contribution in [0.1, 0.15) is 33.7 Å². The van der Waals surface area contributed by atoms with E-state index in [1.165, 1.54) is 19.5 Å². The van der Waals surface area contributed by atoms with Crippen LogP contribution in [-0.2, 0) is 6.54 Å². The van der Waals surface area contributed by atoms with Crippen LogP contribution in [0.25, 0.3) is 11.5 Å². The molecule has 0 aromatic carbocycles. The zero-order valence-corrected chi connectivity index (χ0v) is 14.8. The van der Waals surface area contributed by atoms with Crippen molar-refractivity contribution in [2.24, 2.45) is 0 Å². The standard InChI is InChI=1S/C19H15N5O4/c1-12(25)16-6-5-14(28-16)10-24-9-13(8-22-24)23-19(26)17-18(27-11-21-17)15-4-2-3-7-20-15/h2-9,11H,10H2,1H3,(H,23,26). The largest absolute Gasteiger partial charge is 0.456 e. The molecule has 4 aromatic heterocycles. The molecule has 0 atom stereocenters. The number of amides is 1. The van der Waals surface area contributed by atoms with E-state index in [0.29, 0.717) is 29.4 Å². The predicted octanol–water partition coefficient (Wildman–Crippen LogP) is 3.03. The molecule has 0 aliphatic carbocycles. The Hall–Kier alpha value is -4.01. The second-order valence-electron chi connectivity index (χ2n) is 5.95. The van der Waals surface area contributed by atoms with E-state index < -0.39 is 5.91 Å². The van der Waals surface area contributed by atoms with Crippen LogP contribution in [0, 0.1) is 0 Å². The highest BCUT2D eigenvalue weighted by Gasteiger charge is 2.19. The van der Waals surface area contributed by atoms with Crippen LogP contribution in [0.5, 0.6) is 0 Å². The van der Waals surface area contributed by atoms with Crippen molar-refractivity contribution in [2.45, 2.75) is 13.5 Å². The maximum Gasteiger partial charge on any atom is 0.278 e. The van der Waals surface area contributed by atoms with Gasteiger partial charge in [-0.3, -0.25) is 19.3 Å². The first-order chi connectivity index (χ1) is 13.6. The quantitative estimate of drug-likeness (QED) is 0.513. The lowest BCUT2D eigenvalue weighted by Crippen LogP contribution is -2.13. The molecule has 0 spiro atoms. The number of nitrogens with zero attached hydrogens (tertiary/aromatic N) is 4. The fourth-order valence-electron chi connectivity index (χ4n) is 2.60. The lowest BCUT2D eigenvalue weighted by molar-refractivity contribution is 0.0983. The molecule has 0 aliphatic rings. The van der Waals surface area contributed by atoms with E-state index in [-0.39, 0.29) is 17.2 Å². The highest BCUT2D eigenvalue weighted by atomic mass is 16.4. The van der Waals surface area contributed by atoms with E-state index in [4.69, 9.17) is 8.83 Å². The molecular formula is C19H15N5O4. The number of pyridine rings is 1. The summed E-state index contributed by atoms with van der Waals surface area (Å²) < 4.78 is 12.3. The third-order valence-electron chi connectivity index (χ3n) is 3.90. The predicted molar refractivity (Wildman–Crippen MR) is 97.7 cm³/mol. The molecule has 1 amide bonds. The zero-order valence-electron chi connectivity index (χ0n) is 14.8. The Morgan fingerprint density at radius 2 is 2.07 bits per heavy atom. The second kappa shape index (κ2) is 7.31. The fourth-order valence-corrected chi connectivity index (χ4v) is 2.60. The highest BCUT2D eigenvalue weighted by molar-refractivity contribution is 6.06. The number of hydrogen-bond acceptors (Lipinski definition) is 7.